The van der Waals surface area contributed by atoms with E-state index in [0.29, 0.717) is 12.5 Å². The van der Waals surface area contributed by atoms with Crippen molar-refractivity contribution in [2.45, 2.75) is 95.8 Å². The van der Waals surface area contributed by atoms with Gasteiger partial charge in [0.25, 0.3) is 0 Å². The second kappa shape index (κ2) is 13.1. The van der Waals surface area contributed by atoms with E-state index in [1.54, 1.807) is 0 Å². The maximum atomic E-state index is 11.9. The van der Waals surface area contributed by atoms with Crippen molar-refractivity contribution in [2.75, 3.05) is 19.8 Å². The lowest BCUT2D eigenvalue weighted by Crippen LogP contribution is -2.09. The third-order valence-electron chi connectivity index (χ3n) is 4.36. The first-order chi connectivity index (χ1) is 11.1. The molecule has 0 spiro atoms. The molecule has 1 rings (SSSR count). The molecule has 1 heterocycles. The van der Waals surface area contributed by atoms with Crippen molar-refractivity contribution in [1.29, 1.82) is 0 Å². The monoisotopic (exact) mass is 338 g/mol. The van der Waals surface area contributed by atoms with Crippen LogP contribution >= 0.6 is 0 Å². The van der Waals surface area contributed by atoms with E-state index in [2.05, 4.69) is 0 Å². The lowest BCUT2D eigenvalue weighted by atomic mass is 10.1. The first-order valence-electron chi connectivity index (χ1n) is 9.34. The SMILES string of the molecule is FC(F)(F)CCCCCCCCCCCOCCC1CCCO1. The van der Waals surface area contributed by atoms with E-state index in [4.69, 9.17) is 9.47 Å². The maximum absolute atomic E-state index is 11.9. The van der Waals surface area contributed by atoms with E-state index < -0.39 is 12.6 Å². The molecule has 0 aliphatic carbocycles. The van der Waals surface area contributed by atoms with Crippen LogP contribution in [0.2, 0.25) is 0 Å². The highest BCUT2D eigenvalue weighted by Gasteiger charge is 2.25. The minimum absolute atomic E-state index is 0.284. The van der Waals surface area contributed by atoms with Gasteiger partial charge in [-0.15, -0.1) is 0 Å². The van der Waals surface area contributed by atoms with Crippen molar-refractivity contribution in [1.82, 2.24) is 0 Å². The van der Waals surface area contributed by atoms with Crippen LogP contribution in [0.3, 0.4) is 0 Å². The summed E-state index contributed by atoms with van der Waals surface area (Å²) in [5.74, 6) is 0. The molecule has 23 heavy (non-hydrogen) atoms. The van der Waals surface area contributed by atoms with Crippen molar-refractivity contribution in [3.05, 3.63) is 0 Å². The Morgan fingerprint density at radius 1 is 0.826 bits per heavy atom. The van der Waals surface area contributed by atoms with E-state index in [1.807, 2.05) is 0 Å². The molecule has 2 nitrogen and oxygen atoms in total. The van der Waals surface area contributed by atoms with Gasteiger partial charge in [-0.25, -0.2) is 0 Å². The molecule has 0 aromatic rings. The van der Waals surface area contributed by atoms with Gasteiger partial charge in [0.1, 0.15) is 0 Å². The molecule has 1 saturated heterocycles. The van der Waals surface area contributed by atoms with Gasteiger partial charge < -0.3 is 9.47 Å². The van der Waals surface area contributed by atoms with Crippen molar-refractivity contribution in [3.8, 4) is 0 Å². The third-order valence-corrected chi connectivity index (χ3v) is 4.36. The highest BCUT2D eigenvalue weighted by molar-refractivity contribution is 4.63. The quantitative estimate of drug-likeness (QED) is 0.360. The Balaban J connectivity index is 1.68. The van der Waals surface area contributed by atoms with Crippen LogP contribution in [0.15, 0.2) is 0 Å². The average molecular weight is 338 g/mol. The molecular weight excluding hydrogens is 305 g/mol. The predicted molar refractivity (Wildman–Crippen MR) is 86.6 cm³/mol. The van der Waals surface area contributed by atoms with E-state index in [0.717, 1.165) is 51.9 Å². The van der Waals surface area contributed by atoms with Crippen molar-refractivity contribution in [2.24, 2.45) is 0 Å². The Labute approximate surface area is 139 Å². The predicted octanol–water partition coefficient (Wildman–Crippen LogP) is 6.04. The van der Waals surface area contributed by atoms with Crippen LogP contribution in [0, 0.1) is 0 Å². The molecular formula is C18H33F3O2. The summed E-state index contributed by atoms with van der Waals surface area (Å²) in [6, 6.07) is 0. The Morgan fingerprint density at radius 2 is 1.43 bits per heavy atom. The number of alkyl halides is 3. The topological polar surface area (TPSA) is 18.5 Å². The summed E-state index contributed by atoms with van der Waals surface area (Å²) < 4.78 is 47.0. The molecule has 1 fully saturated rings. The molecule has 0 N–H and O–H groups in total. The van der Waals surface area contributed by atoms with Gasteiger partial charge in [0, 0.05) is 26.2 Å². The van der Waals surface area contributed by atoms with Gasteiger partial charge in [-0.2, -0.15) is 13.2 Å². The second-order valence-corrected chi connectivity index (χ2v) is 6.58. The first kappa shape index (κ1) is 20.8. The molecule has 1 unspecified atom stereocenters. The Hall–Kier alpha value is -0.290. The van der Waals surface area contributed by atoms with Crippen LogP contribution in [0.5, 0.6) is 0 Å². The van der Waals surface area contributed by atoms with Gasteiger partial charge in [0.2, 0.25) is 0 Å². The van der Waals surface area contributed by atoms with E-state index in [1.165, 1.54) is 32.1 Å². The maximum Gasteiger partial charge on any atom is 0.389 e. The number of rotatable bonds is 14. The van der Waals surface area contributed by atoms with Crippen LogP contribution in [0.1, 0.15) is 83.5 Å². The van der Waals surface area contributed by atoms with E-state index in [-0.39, 0.29) is 6.42 Å². The molecule has 0 radical (unpaired) electrons. The van der Waals surface area contributed by atoms with Crippen LogP contribution in [0.4, 0.5) is 13.2 Å². The summed E-state index contributed by atoms with van der Waals surface area (Å²) in [6.07, 6.45) is 8.03. The van der Waals surface area contributed by atoms with Crippen LogP contribution in [-0.4, -0.2) is 32.1 Å². The standard InChI is InChI=1S/C18H33F3O2/c19-18(20,21)13-8-6-4-2-1-3-5-7-9-14-22-16-12-17-11-10-15-23-17/h17H,1-16H2. The zero-order valence-corrected chi connectivity index (χ0v) is 14.3. The molecule has 0 aromatic heterocycles. The lowest BCUT2D eigenvalue weighted by molar-refractivity contribution is -0.135. The molecule has 1 aliphatic heterocycles. The number of hydrogen-bond donors (Lipinski definition) is 0. The minimum Gasteiger partial charge on any atom is -0.381 e. The van der Waals surface area contributed by atoms with Gasteiger partial charge in [0.15, 0.2) is 0 Å². The lowest BCUT2D eigenvalue weighted by Gasteiger charge is -2.09. The molecule has 1 atom stereocenters. The fraction of sp³-hybridized carbons (Fsp3) is 1.00. The minimum atomic E-state index is -3.98. The Bertz CT molecular complexity index is 263. The summed E-state index contributed by atoms with van der Waals surface area (Å²) in [6.45, 7) is 2.56. The zero-order valence-electron chi connectivity index (χ0n) is 14.3. The van der Waals surface area contributed by atoms with Crippen molar-refractivity contribution >= 4 is 0 Å². The fourth-order valence-corrected chi connectivity index (χ4v) is 2.96. The van der Waals surface area contributed by atoms with Gasteiger partial charge >= 0.3 is 6.18 Å². The number of hydrogen-bond acceptors (Lipinski definition) is 2. The summed E-state index contributed by atoms with van der Waals surface area (Å²) in [5.41, 5.74) is 0. The Kier molecular flexibility index (Phi) is 11.8. The van der Waals surface area contributed by atoms with Crippen LogP contribution in [-0.2, 0) is 9.47 Å². The molecule has 138 valence electrons. The number of unbranched alkanes of at least 4 members (excludes halogenated alkanes) is 8. The van der Waals surface area contributed by atoms with Crippen LogP contribution in [0.25, 0.3) is 0 Å². The molecule has 0 amide bonds. The highest BCUT2D eigenvalue weighted by Crippen LogP contribution is 2.23. The zero-order chi connectivity index (χ0) is 16.8. The largest absolute Gasteiger partial charge is 0.389 e. The van der Waals surface area contributed by atoms with Gasteiger partial charge in [-0.3, -0.25) is 0 Å². The molecule has 1 aliphatic rings. The van der Waals surface area contributed by atoms with E-state index in [9.17, 15) is 13.2 Å². The van der Waals surface area contributed by atoms with Crippen molar-refractivity contribution < 1.29 is 22.6 Å². The van der Waals surface area contributed by atoms with E-state index >= 15 is 0 Å². The summed E-state index contributed by atoms with van der Waals surface area (Å²) in [5, 5.41) is 0. The first-order valence-corrected chi connectivity index (χ1v) is 9.34. The normalized spacial score (nSPS) is 18.7. The molecule has 0 saturated carbocycles. The summed E-state index contributed by atoms with van der Waals surface area (Å²) in [7, 11) is 0. The summed E-state index contributed by atoms with van der Waals surface area (Å²) in [4.78, 5) is 0. The third kappa shape index (κ3) is 13.8. The molecule has 0 aromatic carbocycles. The van der Waals surface area contributed by atoms with Crippen molar-refractivity contribution in [3.63, 3.8) is 0 Å². The second-order valence-electron chi connectivity index (χ2n) is 6.58. The smallest absolute Gasteiger partial charge is 0.381 e. The fourth-order valence-electron chi connectivity index (χ4n) is 2.96. The number of halogens is 3. The Morgan fingerprint density at radius 3 is 2.00 bits per heavy atom. The summed E-state index contributed by atoms with van der Waals surface area (Å²) >= 11 is 0. The molecule has 0 bridgehead atoms. The van der Waals surface area contributed by atoms with Gasteiger partial charge in [0.05, 0.1) is 6.10 Å². The number of ether oxygens (including phenoxy) is 2. The van der Waals surface area contributed by atoms with Gasteiger partial charge in [-0.1, -0.05) is 44.9 Å². The highest BCUT2D eigenvalue weighted by atomic mass is 19.4. The molecule has 5 heteroatoms. The average Bonchev–Trinajstić information content (AvgIpc) is 3.00. The van der Waals surface area contributed by atoms with Gasteiger partial charge in [-0.05, 0) is 32.1 Å². The van der Waals surface area contributed by atoms with Crippen LogP contribution < -0.4 is 0 Å².